The molecule has 0 radical (unpaired) electrons. The summed E-state index contributed by atoms with van der Waals surface area (Å²) in [7, 11) is 0. The van der Waals surface area contributed by atoms with E-state index >= 15 is 0 Å². The quantitative estimate of drug-likeness (QED) is 0.734. The number of imidazole rings is 1. The van der Waals surface area contributed by atoms with Crippen molar-refractivity contribution in [2.45, 2.75) is 39.0 Å². The number of pyridine rings is 1. The van der Waals surface area contributed by atoms with Crippen LogP contribution in [0.3, 0.4) is 0 Å². The highest BCUT2D eigenvalue weighted by Crippen LogP contribution is 2.18. The Morgan fingerprint density at radius 3 is 3.00 bits per heavy atom. The van der Waals surface area contributed by atoms with Gasteiger partial charge in [-0.15, -0.1) is 0 Å². The minimum Gasteiger partial charge on any atom is -0.467 e. The van der Waals surface area contributed by atoms with E-state index in [-0.39, 0.29) is 6.04 Å². The van der Waals surface area contributed by atoms with Crippen molar-refractivity contribution in [1.29, 1.82) is 0 Å². The summed E-state index contributed by atoms with van der Waals surface area (Å²) in [4.78, 5) is 4.40. The van der Waals surface area contributed by atoms with Gasteiger partial charge in [-0.25, -0.2) is 4.98 Å². The highest BCUT2D eigenvalue weighted by atomic mass is 16.4. The lowest BCUT2D eigenvalue weighted by Gasteiger charge is -2.16. The SMILES string of the molecule is Cc1ccc2ncc(CNC(C)CC(O)c3ccco3)n2c1. The number of aryl methyl sites for hydroxylation is 1. The van der Waals surface area contributed by atoms with Crippen molar-refractivity contribution in [2.75, 3.05) is 0 Å². The average molecular weight is 299 g/mol. The first kappa shape index (κ1) is 14.8. The molecule has 2 unspecified atom stereocenters. The highest BCUT2D eigenvalue weighted by molar-refractivity contribution is 5.41. The summed E-state index contributed by atoms with van der Waals surface area (Å²) in [6, 6.07) is 7.82. The van der Waals surface area contributed by atoms with Crippen LogP contribution in [0.1, 0.15) is 36.5 Å². The summed E-state index contributed by atoms with van der Waals surface area (Å²) in [5, 5.41) is 13.5. The molecule has 5 heteroatoms. The number of nitrogens with one attached hydrogen (secondary N) is 1. The Morgan fingerprint density at radius 1 is 1.36 bits per heavy atom. The normalized spacial score (nSPS) is 14.3. The third-order valence-electron chi connectivity index (χ3n) is 3.81. The molecule has 5 nitrogen and oxygen atoms in total. The average Bonchev–Trinajstić information content (AvgIpc) is 3.14. The van der Waals surface area contributed by atoms with Crippen LogP contribution in [0.4, 0.5) is 0 Å². The van der Waals surface area contributed by atoms with Gasteiger partial charge in [0.25, 0.3) is 0 Å². The second-order valence-electron chi connectivity index (χ2n) is 5.73. The van der Waals surface area contributed by atoms with Crippen molar-refractivity contribution in [2.24, 2.45) is 0 Å². The second-order valence-corrected chi connectivity index (χ2v) is 5.73. The van der Waals surface area contributed by atoms with Crippen molar-refractivity contribution in [3.63, 3.8) is 0 Å². The molecule has 3 rings (SSSR count). The first-order chi connectivity index (χ1) is 10.6. The molecule has 3 heterocycles. The topological polar surface area (TPSA) is 62.7 Å². The van der Waals surface area contributed by atoms with E-state index in [1.807, 2.05) is 12.3 Å². The monoisotopic (exact) mass is 299 g/mol. The lowest BCUT2D eigenvalue weighted by Crippen LogP contribution is -2.27. The van der Waals surface area contributed by atoms with E-state index in [4.69, 9.17) is 4.42 Å². The zero-order valence-electron chi connectivity index (χ0n) is 12.9. The maximum absolute atomic E-state index is 10.1. The number of nitrogens with zero attached hydrogens (tertiary/aromatic N) is 2. The predicted molar refractivity (Wildman–Crippen MR) is 84.5 cm³/mol. The number of aromatic nitrogens is 2. The summed E-state index contributed by atoms with van der Waals surface area (Å²) in [6.07, 6.45) is 5.57. The Hall–Kier alpha value is -2.11. The van der Waals surface area contributed by atoms with E-state index in [2.05, 4.69) is 40.8 Å². The fourth-order valence-corrected chi connectivity index (χ4v) is 2.56. The molecule has 22 heavy (non-hydrogen) atoms. The number of hydrogen-bond donors (Lipinski definition) is 2. The molecule has 0 aromatic carbocycles. The minimum absolute atomic E-state index is 0.162. The van der Waals surface area contributed by atoms with Gasteiger partial charge in [0.15, 0.2) is 0 Å². The van der Waals surface area contributed by atoms with E-state index in [1.54, 1.807) is 18.4 Å². The molecule has 0 saturated carbocycles. The van der Waals surface area contributed by atoms with Crippen LogP contribution in [-0.2, 0) is 6.54 Å². The summed E-state index contributed by atoms with van der Waals surface area (Å²) in [6.45, 7) is 4.83. The summed E-state index contributed by atoms with van der Waals surface area (Å²) >= 11 is 0. The van der Waals surface area contributed by atoms with Gasteiger partial charge in [-0.1, -0.05) is 6.07 Å². The van der Waals surface area contributed by atoms with Crippen molar-refractivity contribution in [1.82, 2.24) is 14.7 Å². The van der Waals surface area contributed by atoms with Crippen molar-refractivity contribution in [3.05, 3.63) is 59.9 Å². The van der Waals surface area contributed by atoms with Crippen LogP contribution >= 0.6 is 0 Å². The van der Waals surface area contributed by atoms with Crippen LogP contribution < -0.4 is 5.32 Å². The first-order valence-corrected chi connectivity index (χ1v) is 7.51. The molecule has 0 aliphatic rings. The minimum atomic E-state index is -0.582. The molecule has 0 saturated heterocycles. The van der Waals surface area contributed by atoms with Gasteiger partial charge < -0.3 is 19.2 Å². The van der Waals surface area contributed by atoms with E-state index in [0.717, 1.165) is 11.3 Å². The molecule has 0 spiro atoms. The van der Waals surface area contributed by atoms with Gasteiger partial charge >= 0.3 is 0 Å². The first-order valence-electron chi connectivity index (χ1n) is 7.51. The number of rotatable bonds is 6. The van der Waals surface area contributed by atoms with Crippen LogP contribution in [0, 0.1) is 6.92 Å². The molecule has 2 atom stereocenters. The molecule has 3 aromatic heterocycles. The van der Waals surface area contributed by atoms with Gasteiger partial charge in [0, 0.05) is 18.8 Å². The zero-order valence-corrected chi connectivity index (χ0v) is 12.9. The van der Waals surface area contributed by atoms with Crippen LogP contribution in [0.5, 0.6) is 0 Å². The van der Waals surface area contributed by atoms with Crippen molar-refractivity contribution >= 4 is 5.65 Å². The van der Waals surface area contributed by atoms with E-state index < -0.39 is 6.10 Å². The summed E-state index contributed by atoms with van der Waals surface area (Å²) in [5.74, 6) is 0.610. The van der Waals surface area contributed by atoms with Gasteiger partial charge in [-0.2, -0.15) is 0 Å². The van der Waals surface area contributed by atoms with Gasteiger partial charge in [-0.05, 0) is 44.0 Å². The number of fused-ring (bicyclic) bond motifs is 1. The molecular formula is C17H21N3O2. The van der Waals surface area contributed by atoms with Crippen LogP contribution in [-0.4, -0.2) is 20.5 Å². The number of hydrogen-bond acceptors (Lipinski definition) is 4. The fourth-order valence-electron chi connectivity index (χ4n) is 2.56. The Morgan fingerprint density at radius 2 is 2.23 bits per heavy atom. The Balaban J connectivity index is 1.60. The molecule has 0 bridgehead atoms. The van der Waals surface area contributed by atoms with Gasteiger partial charge in [-0.3, -0.25) is 0 Å². The largest absolute Gasteiger partial charge is 0.467 e. The number of furan rings is 1. The third-order valence-corrected chi connectivity index (χ3v) is 3.81. The third kappa shape index (κ3) is 3.21. The lowest BCUT2D eigenvalue weighted by atomic mass is 10.1. The smallest absolute Gasteiger partial charge is 0.136 e. The molecule has 116 valence electrons. The van der Waals surface area contributed by atoms with E-state index in [1.165, 1.54) is 5.56 Å². The Labute approximate surface area is 129 Å². The van der Waals surface area contributed by atoms with Crippen LogP contribution in [0.25, 0.3) is 5.65 Å². The highest BCUT2D eigenvalue weighted by Gasteiger charge is 2.15. The zero-order chi connectivity index (χ0) is 15.5. The molecule has 0 fully saturated rings. The van der Waals surface area contributed by atoms with Gasteiger partial charge in [0.2, 0.25) is 0 Å². The molecular weight excluding hydrogens is 278 g/mol. The molecule has 3 aromatic rings. The molecule has 2 N–H and O–H groups in total. The van der Waals surface area contributed by atoms with Crippen molar-refractivity contribution in [3.8, 4) is 0 Å². The lowest BCUT2D eigenvalue weighted by molar-refractivity contribution is 0.128. The predicted octanol–water partition coefficient (Wildman–Crippen LogP) is 2.84. The van der Waals surface area contributed by atoms with Crippen LogP contribution in [0.2, 0.25) is 0 Å². The standard InChI is InChI=1S/C17H21N3O2/c1-12-5-6-17-19-10-14(20(17)11-12)9-18-13(2)8-15(21)16-4-3-7-22-16/h3-7,10-11,13,15,18,21H,8-9H2,1-2H3. The Kier molecular flexibility index (Phi) is 4.27. The maximum atomic E-state index is 10.1. The summed E-state index contributed by atoms with van der Waals surface area (Å²) < 4.78 is 7.32. The second kappa shape index (κ2) is 6.34. The molecule has 0 aliphatic carbocycles. The van der Waals surface area contributed by atoms with E-state index in [9.17, 15) is 5.11 Å². The van der Waals surface area contributed by atoms with Gasteiger partial charge in [0.05, 0.1) is 18.2 Å². The van der Waals surface area contributed by atoms with Gasteiger partial charge in [0.1, 0.15) is 17.5 Å². The number of aliphatic hydroxyl groups is 1. The Bertz CT molecular complexity index is 734. The van der Waals surface area contributed by atoms with Crippen LogP contribution in [0.15, 0.2) is 47.3 Å². The molecule has 0 amide bonds. The number of aliphatic hydroxyl groups excluding tert-OH is 1. The molecule has 0 aliphatic heterocycles. The maximum Gasteiger partial charge on any atom is 0.136 e. The fraction of sp³-hybridized carbons (Fsp3) is 0.353. The van der Waals surface area contributed by atoms with Crippen molar-refractivity contribution < 1.29 is 9.52 Å². The summed E-state index contributed by atoms with van der Waals surface area (Å²) in [5.41, 5.74) is 3.26. The van der Waals surface area contributed by atoms with E-state index in [0.29, 0.717) is 18.7 Å².